The summed E-state index contributed by atoms with van der Waals surface area (Å²) in [7, 11) is 0. The first kappa shape index (κ1) is 14.2. The third-order valence-corrected chi connectivity index (χ3v) is 3.04. The summed E-state index contributed by atoms with van der Waals surface area (Å²) < 4.78 is 1.96. The van der Waals surface area contributed by atoms with Gasteiger partial charge >= 0.3 is 0 Å². The second kappa shape index (κ2) is 6.76. The van der Waals surface area contributed by atoms with Crippen LogP contribution >= 0.6 is 15.9 Å². The van der Waals surface area contributed by atoms with Crippen LogP contribution in [0.4, 0.5) is 5.69 Å². The molecule has 0 aliphatic carbocycles. The fourth-order valence-corrected chi connectivity index (χ4v) is 1.82. The number of nitrogens with one attached hydrogen (secondary N) is 2. The minimum absolute atomic E-state index is 0.102. The van der Waals surface area contributed by atoms with E-state index in [9.17, 15) is 4.79 Å². The van der Waals surface area contributed by atoms with Crippen LogP contribution in [0, 0.1) is 0 Å². The van der Waals surface area contributed by atoms with E-state index in [0.717, 1.165) is 18.8 Å². The van der Waals surface area contributed by atoms with E-state index < -0.39 is 0 Å². The highest BCUT2D eigenvalue weighted by molar-refractivity contribution is 9.10. The molecule has 0 fully saturated rings. The molecule has 0 amide bonds. The van der Waals surface area contributed by atoms with Crippen molar-refractivity contribution < 1.29 is 0 Å². The second-order valence-corrected chi connectivity index (χ2v) is 4.82. The van der Waals surface area contributed by atoms with Gasteiger partial charge in [0.15, 0.2) is 0 Å². The minimum Gasteiger partial charge on any atom is -0.381 e. The molecule has 6 heteroatoms. The van der Waals surface area contributed by atoms with Gasteiger partial charge in [0.1, 0.15) is 4.47 Å². The van der Waals surface area contributed by atoms with E-state index >= 15 is 0 Å². The van der Waals surface area contributed by atoms with Gasteiger partial charge in [-0.05, 0) is 22.9 Å². The van der Waals surface area contributed by atoms with Crippen molar-refractivity contribution in [2.45, 2.75) is 33.4 Å². The topological polar surface area (TPSA) is 59.0 Å². The van der Waals surface area contributed by atoms with E-state index in [1.54, 1.807) is 6.20 Å². The average Bonchev–Trinajstić information content (AvgIpc) is 2.29. The Balaban J connectivity index is 2.61. The maximum Gasteiger partial charge on any atom is 0.283 e. The van der Waals surface area contributed by atoms with Crippen LogP contribution in [0.25, 0.3) is 0 Å². The van der Waals surface area contributed by atoms with Gasteiger partial charge in [-0.25, -0.2) is 4.68 Å². The molecule has 1 aromatic heterocycles. The van der Waals surface area contributed by atoms with Gasteiger partial charge in [0.2, 0.25) is 0 Å². The van der Waals surface area contributed by atoms with Crippen LogP contribution in [0.1, 0.15) is 20.8 Å². The predicted molar refractivity (Wildman–Crippen MR) is 73.5 cm³/mol. The van der Waals surface area contributed by atoms with Crippen LogP contribution in [-0.2, 0) is 6.54 Å². The van der Waals surface area contributed by atoms with Gasteiger partial charge in [0.25, 0.3) is 5.56 Å². The van der Waals surface area contributed by atoms with E-state index in [1.165, 1.54) is 4.68 Å². The summed E-state index contributed by atoms with van der Waals surface area (Å²) in [6, 6.07) is 0.464. The number of rotatable bonds is 6. The van der Waals surface area contributed by atoms with E-state index in [1.807, 2.05) is 6.92 Å². The lowest BCUT2D eigenvalue weighted by atomic mass is 10.4. The van der Waals surface area contributed by atoms with Gasteiger partial charge in [0.05, 0.1) is 11.9 Å². The average molecular weight is 303 g/mol. The third-order valence-electron chi connectivity index (χ3n) is 2.28. The Morgan fingerprint density at radius 2 is 2.18 bits per heavy atom. The van der Waals surface area contributed by atoms with Crippen molar-refractivity contribution in [3.63, 3.8) is 0 Å². The van der Waals surface area contributed by atoms with Crippen molar-refractivity contribution in [3.05, 3.63) is 21.0 Å². The standard InChI is InChI=1S/C11H19BrN4O/c1-4-16-11(17)10(12)9(7-15-16)14-6-5-13-8(2)3/h7-8,13-14H,4-6H2,1-3H3. The monoisotopic (exact) mass is 302 g/mol. The zero-order valence-corrected chi connectivity index (χ0v) is 12.0. The van der Waals surface area contributed by atoms with Crippen LogP contribution in [-0.4, -0.2) is 28.9 Å². The molecule has 17 heavy (non-hydrogen) atoms. The fourth-order valence-electron chi connectivity index (χ4n) is 1.37. The number of halogens is 1. The highest BCUT2D eigenvalue weighted by Crippen LogP contribution is 2.15. The molecule has 0 saturated heterocycles. The van der Waals surface area contributed by atoms with Gasteiger partial charge in [-0.2, -0.15) is 5.10 Å². The first-order valence-corrected chi connectivity index (χ1v) is 6.58. The SMILES string of the molecule is CCn1ncc(NCCNC(C)C)c(Br)c1=O. The van der Waals surface area contributed by atoms with E-state index in [4.69, 9.17) is 0 Å². The number of aromatic nitrogens is 2. The molecule has 0 atom stereocenters. The molecule has 0 aromatic carbocycles. The fraction of sp³-hybridized carbons (Fsp3) is 0.636. The summed E-state index contributed by atoms with van der Waals surface area (Å²) in [5.41, 5.74) is 0.638. The minimum atomic E-state index is -0.102. The first-order chi connectivity index (χ1) is 8.06. The lowest BCUT2D eigenvalue weighted by Gasteiger charge is -2.11. The molecule has 0 bridgehead atoms. The highest BCUT2D eigenvalue weighted by atomic mass is 79.9. The Labute approximate surface area is 110 Å². The largest absolute Gasteiger partial charge is 0.381 e. The van der Waals surface area contributed by atoms with Crippen LogP contribution in [0.3, 0.4) is 0 Å². The lowest BCUT2D eigenvalue weighted by Crippen LogP contribution is -2.29. The van der Waals surface area contributed by atoms with Crippen molar-refractivity contribution in [3.8, 4) is 0 Å². The molecule has 96 valence electrons. The Bertz CT molecular complexity index is 416. The van der Waals surface area contributed by atoms with Crippen LogP contribution in [0.15, 0.2) is 15.5 Å². The lowest BCUT2D eigenvalue weighted by molar-refractivity contribution is 0.599. The van der Waals surface area contributed by atoms with E-state index in [2.05, 4.69) is 45.5 Å². The summed E-state index contributed by atoms with van der Waals surface area (Å²) in [4.78, 5) is 11.8. The summed E-state index contributed by atoms with van der Waals surface area (Å²) in [5, 5.41) is 10.5. The summed E-state index contributed by atoms with van der Waals surface area (Å²) >= 11 is 3.30. The normalized spacial score (nSPS) is 10.9. The quantitative estimate of drug-likeness (QED) is 0.781. The number of hydrogen-bond acceptors (Lipinski definition) is 4. The zero-order chi connectivity index (χ0) is 12.8. The molecule has 1 aromatic rings. The molecule has 0 saturated carbocycles. The van der Waals surface area contributed by atoms with Crippen molar-refractivity contribution in [1.29, 1.82) is 0 Å². The van der Waals surface area contributed by atoms with Crippen molar-refractivity contribution in [1.82, 2.24) is 15.1 Å². The molecular formula is C11H19BrN4O. The highest BCUT2D eigenvalue weighted by Gasteiger charge is 2.06. The first-order valence-electron chi connectivity index (χ1n) is 5.79. The van der Waals surface area contributed by atoms with Crippen molar-refractivity contribution >= 4 is 21.6 Å². The smallest absolute Gasteiger partial charge is 0.283 e. The zero-order valence-electron chi connectivity index (χ0n) is 10.5. The Morgan fingerprint density at radius 3 is 2.76 bits per heavy atom. The molecule has 1 heterocycles. The van der Waals surface area contributed by atoms with Gasteiger partial charge in [-0.3, -0.25) is 4.79 Å². The maximum atomic E-state index is 11.8. The van der Waals surface area contributed by atoms with Crippen LogP contribution < -0.4 is 16.2 Å². The van der Waals surface area contributed by atoms with Gasteiger partial charge in [-0.1, -0.05) is 13.8 Å². The van der Waals surface area contributed by atoms with E-state index in [0.29, 0.717) is 17.1 Å². The van der Waals surface area contributed by atoms with E-state index in [-0.39, 0.29) is 5.56 Å². The molecule has 5 nitrogen and oxygen atoms in total. The van der Waals surface area contributed by atoms with Gasteiger partial charge < -0.3 is 10.6 Å². The Hall–Kier alpha value is -0.880. The van der Waals surface area contributed by atoms with Gasteiger partial charge in [-0.15, -0.1) is 0 Å². The third kappa shape index (κ3) is 4.12. The molecule has 0 aliphatic heterocycles. The van der Waals surface area contributed by atoms with Crippen LogP contribution in [0.2, 0.25) is 0 Å². The summed E-state index contributed by atoms with van der Waals surface area (Å²) in [6.07, 6.45) is 1.67. The summed E-state index contributed by atoms with van der Waals surface area (Å²) in [5.74, 6) is 0. The Morgan fingerprint density at radius 1 is 1.47 bits per heavy atom. The molecular weight excluding hydrogens is 284 g/mol. The number of nitrogens with zero attached hydrogens (tertiary/aromatic N) is 2. The number of anilines is 1. The van der Waals surface area contributed by atoms with Crippen molar-refractivity contribution in [2.24, 2.45) is 0 Å². The molecule has 0 aliphatic rings. The number of hydrogen-bond donors (Lipinski definition) is 2. The predicted octanol–water partition coefficient (Wildman–Crippen LogP) is 1.44. The van der Waals surface area contributed by atoms with Crippen molar-refractivity contribution in [2.75, 3.05) is 18.4 Å². The van der Waals surface area contributed by atoms with Crippen LogP contribution in [0.5, 0.6) is 0 Å². The number of aryl methyl sites for hydroxylation is 1. The molecule has 1 rings (SSSR count). The Kier molecular flexibility index (Phi) is 5.64. The molecule has 2 N–H and O–H groups in total. The maximum absolute atomic E-state index is 11.8. The van der Waals surface area contributed by atoms with Gasteiger partial charge in [0, 0.05) is 25.7 Å². The second-order valence-electron chi connectivity index (χ2n) is 4.03. The molecule has 0 spiro atoms. The molecule has 0 unspecified atom stereocenters. The summed E-state index contributed by atoms with van der Waals surface area (Å²) in [6.45, 7) is 8.27. The molecule has 0 radical (unpaired) electrons.